The van der Waals surface area contributed by atoms with Crippen molar-refractivity contribution >= 4 is 49.1 Å². The molecule has 102 valence electrons. The van der Waals surface area contributed by atoms with E-state index in [1.807, 2.05) is 0 Å². The van der Waals surface area contributed by atoms with Gasteiger partial charge < -0.3 is 5.11 Å². The predicted molar refractivity (Wildman–Crippen MR) is 73.1 cm³/mol. The monoisotopic (exact) mass is 365 g/mol. The predicted octanol–water partition coefficient (Wildman–Crippen LogP) is 2.04. The molecule has 0 atom stereocenters. The maximum Gasteiger partial charge on any atom is 0.345 e. The summed E-state index contributed by atoms with van der Waals surface area (Å²) < 4.78 is 26.8. The first-order valence-electron chi connectivity index (χ1n) is 4.86. The van der Waals surface area contributed by atoms with E-state index in [1.165, 1.54) is 6.20 Å². The summed E-state index contributed by atoms with van der Waals surface area (Å²) in [7, 11) is -3.87. The number of carbonyl (C=O) groups is 1. The van der Waals surface area contributed by atoms with Gasteiger partial charge in [0.25, 0.3) is 10.0 Å². The molecule has 0 aliphatic carbocycles. The zero-order valence-corrected chi connectivity index (χ0v) is 12.7. The Bertz CT molecular complexity index is 734. The number of sulfonamides is 1. The van der Waals surface area contributed by atoms with Gasteiger partial charge in [-0.25, -0.2) is 13.2 Å². The second-order valence-corrected chi connectivity index (χ2v) is 7.61. The third-order valence-electron chi connectivity index (χ3n) is 2.22. The highest BCUT2D eigenvalue weighted by molar-refractivity contribution is 9.11. The molecular weight excluding hydrogens is 358 g/mol. The average Bonchev–Trinajstić information content (AvgIpc) is 2.86. The number of aromatic carboxylic acids is 1. The topological polar surface area (TPSA) is 112 Å². The number of aryl methyl sites for hydroxylation is 1. The van der Waals surface area contributed by atoms with E-state index in [9.17, 15) is 13.2 Å². The Kier molecular flexibility index (Phi) is 3.65. The van der Waals surface area contributed by atoms with Gasteiger partial charge in [-0.2, -0.15) is 5.10 Å². The van der Waals surface area contributed by atoms with Crippen LogP contribution in [0, 0.1) is 6.92 Å². The Balaban J connectivity index is 2.40. The number of nitrogens with zero attached hydrogens (tertiary/aromatic N) is 1. The minimum atomic E-state index is -3.87. The van der Waals surface area contributed by atoms with Crippen LogP contribution < -0.4 is 4.72 Å². The number of carboxylic acid groups (broad SMARTS) is 1. The lowest BCUT2D eigenvalue weighted by molar-refractivity contribution is 0.0702. The van der Waals surface area contributed by atoms with E-state index >= 15 is 0 Å². The third-order valence-corrected chi connectivity index (χ3v) is 5.81. The Labute approximate surface area is 120 Å². The van der Waals surface area contributed by atoms with Gasteiger partial charge in [-0.15, -0.1) is 11.3 Å². The van der Waals surface area contributed by atoms with Crippen LogP contribution in [0.5, 0.6) is 0 Å². The number of thiophene rings is 1. The van der Waals surface area contributed by atoms with Gasteiger partial charge in [0, 0.05) is 5.56 Å². The van der Waals surface area contributed by atoms with Crippen LogP contribution in [0.3, 0.4) is 0 Å². The van der Waals surface area contributed by atoms with Crippen molar-refractivity contribution in [2.75, 3.05) is 4.72 Å². The first kappa shape index (κ1) is 14.0. The number of aromatic amines is 1. The normalized spacial score (nSPS) is 11.5. The summed E-state index contributed by atoms with van der Waals surface area (Å²) in [4.78, 5) is 10.6. The molecule has 3 N–H and O–H groups in total. The number of hydrogen-bond donors (Lipinski definition) is 3. The highest BCUT2D eigenvalue weighted by atomic mass is 79.9. The van der Waals surface area contributed by atoms with Gasteiger partial charge in [0.15, 0.2) is 0 Å². The van der Waals surface area contributed by atoms with Gasteiger partial charge >= 0.3 is 5.97 Å². The zero-order valence-electron chi connectivity index (χ0n) is 9.47. The summed E-state index contributed by atoms with van der Waals surface area (Å²) in [6.45, 7) is 1.69. The van der Waals surface area contributed by atoms with Crippen molar-refractivity contribution in [1.29, 1.82) is 0 Å². The SMILES string of the molecule is Cc1cn[nH]c1NS(=O)(=O)c1cc(C(=O)O)sc1Br. The van der Waals surface area contributed by atoms with Crippen molar-refractivity contribution in [2.24, 2.45) is 0 Å². The van der Waals surface area contributed by atoms with Gasteiger partial charge in [-0.1, -0.05) is 0 Å². The fourth-order valence-electron chi connectivity index (χ4n) is 1.28. The van der Waals surface area contributed by atoms with E-state index in [4.69, 9.17) is 5.11 Å². The summed E-state index contributed by atoms with van der Waals surface area (Å²) in [5.74, 6) is -0.931. The van der Waals surface area contributed by atoms with Crippen LogP contribution in [-0.4, -0.2) is 29.7 Å². The molecule has 0 spiro atoms. The van der Waals surface area contributed by atoms with Gasteiger partial charge in [0.1, 0.15) is 15.6 Å². The Hall–Kier alpha value is -1.39. The standard InChI is InChI=1S/C9H8BrN3O4S2/c1-4-3-11-12-8(4)13-19(16,17)6-2-5(9(14)15)18-7(6)10/h2-3H,1H3,(H,14,15)(H2,11,12,13). The molecule has 2 rings (SSSR count). The lowest BCUT2D eigenvalue weighted by Crippen LogP contribution is -2.13. The zero-order chi connectivity index (χ0) is 14.2. The van der Waals surface area contributed by atoms with Crippen molar-refractivity contribution in [3.63, 3.8) is 0 Å². The van der Waals surface area contributed by atoms with Crippen molar-refractivity contribution in [3.8, 4) is 0 Å². The number of halogens is 1. The van der Waals surface area contributed by atoms with Crippen LogP contribution in [0.25, 0.3) is 0 Å². The lowest BCUT2D eigenvalue weighted by Gasteiger charge is -2.05. The first-order valence-corrected chi connectivity index (χ1v) is 7.96. The largest absolute Gasteiger partial charge is 0.477 e. The van der Waals surface area contributed by atoms with Crippen LogP contribution in [-0.2, 0) is 10.0 Å². The van der Waals surface area contributed by atoms with E-state index in [2.05, 4.69) is 30.8 Å². The summed E-state index contributed by atoms with van der Waals surface area (Å²) >= 11 is 3.89. The van der Waals surface area contributed by atoms with E-state index in [0.29, 0.717) is 5.56 Å². The van der Waals surface area contributed by atoms with E-state index < -0.39 is 16.0 Å². The molecule has 0 amide bonds. The molecular formula is C9H8BrN3O4S2. The fraction of sp³-hybridized carbons (Fsp3) is 0.111. The molecule has 2 aromatic heterocycles. The number of nitrogens with one attached hydrogen (secondary N) is 2. The second kappa shape index (κ2) is 4.94. The number of anilines is 1. The Morgan fingerprint density at radius 3 is 2.74 bits per heavy atom. The molecule has 0 fully saturated rings. The highest BCUT2D eigenvalue weighted by Crippen LogP contribution is 2.32. The quantitative estimate of drug-likeness (QED) is 0.767. The van der Waals surface area contributed by atoms with Crippen LogP contribution >= 0.6 is 27.3 Å². The molecule has 2 heterocycles. The first-order chi connectivity index (χ1) is 8.81. The Morgan fingerprint density at radius 2 is 2.26 bits per heavy atom. The molecule has 2 aromatic rings. The van der Waals surface area contributed by atoms with E-state index in [0.717, 1.165) is 17.4 Å². The number of carboxylic acids is 1. The molecule has 19 heavy (non-hydrogen) atoms. The highest BCUT2D eigenvalue weighted by Gasteiger charge is 2.24. The van der Waals surface area contributed by atoms with Crippen molar-refractivity contribution in [3.05, 3.63) is 26.5 Å². The lowest BCUT2D eigenvalue weighted by atomic mass is 10.4. The minimum absolute atomic E-state index is 0.0615. The summed E-state index contributed by atoms with van der Waals surface area (Å²) in [5.41, 5.74) is 0.633. The molecule has 0 radical (unpaired) electrons. The minimum Gasteiger partial charge on any atom is -0.477 e. The number of rotatable bonds is 4. The average molecular weight is 366 g/mol. The summed E-state index contributed by atoms with van der Waals surface area (Å²) in [6.07, 6.45) is 1.48. The molecule has 10 heteroatoms. The van der Waals surface area contributed by atoms with Crippen molar-refractivity contribution < 1.29 is 18.3 Å². The molecule has 0 unspecified atom stereocenters. The van der Waals surface area contributed by atoms with Gasteiger partial charge in [-0.3, -0.25) is 9.82 Å². The van der Waals surface area contributed by atoms with Crippen LogP contribution in [0.4, 0.5) is 5.82 Å². The number of H-pyrrole nitrogens is 1. The van der Waals surface area contributed by atoms with Crippen LogP contribution in [0.1, 0.15) is 15.2 Å². The molecule has 0 saturated heterocycles. The smallest absolute Gasteiger partial charge is 0.345 e. The molecule has 0 aliphatic heterocycles. The number of hydrogen-bond acceptors (Lipinski definition) is 5. The van der Waals surface area contributed by atoms with E-state index in [-0.39, 0.29) is 19.4 Å². The van der Waals surface area contributed by atoms with Crippen LogP contribution in [0.2, 0.25) is 0 Å². The molecule has 0 aromatic carbocycles. The third kappa shape index (κ3) is 2.80. The molecule has 0 aliphatic rings. The second-order valence-electron chi connectivity index (χ2n) is 3.59. The van der Waals surface area contributed by atoms with Crippen molar-refractivity contribution in [1.82, 2.24) is 10.2 Å². The molecule has 0 bridgehead atoms. The summed E-state index contributed by atoms with van der Waals surface area (Å²) in [5, 5.41) is 15.1. The van der Waals surface area contributed by atoms with Crippen LogP contribution in [0.15, 0.2) is 20.9 Å². The van der Waals surface area contributed by atoms with Gasteiger partial charge in [-0.05, 0) is 28.9 Å². The molecule has 7 nitrogen and oxygen atoms in total. The maximum atomic E-state index is 12.1. The Morgan fingerprint density at radius 1 is 1.58 bits per heavy atom. The van der Waals surface area contributed by atoms with Crippen molar-refractivity contribution in [2.45, 2.75) is 11.8 Å². The maximum absolute atomic E-state index is 12.1. The van der Waals surface area contributed by atoms with Gasteiger partial charge in [0.05, 0.1) is 9.98 Å². The number of aromatic nitrogens is 2. The summed E-state index contributed by atoms with van der Waals surface area (Å²) in [6, 6.07) is 1.10. The molecule has 0 saturated carbocycles. The fourth-order valence-corrected chi connectivity index (χ4v) is 4.77. The van der Waals surface area contributed by atoms with Gasteiger partial charge in [0.2, 0.25) is 0 Å². The van der Waals surface area contributed by atoms with E-state index in [1.54, 1.807) is 6.92 Å².